The number of alkyl halides is 5. The van der Waals surface area contributed by atoms with E-state index in [1.54, 1.807) is 6.92 Å². The Bertz CT molecular complexity index is 574. The molecule has 1 saturated carbocycles. The van der Waals surface area contributed by atoms with Gasteiger partial charge in [-0.1, -0.05) is 11.6 Å². The molecule has 20 heavy (non-hydrogen) atoms. The van der Waals surface area contributed by atoms with Crippen LogP contribution in [0.5, 0.6) is 0 Å². The third-order valence-corrected chi connectivity index (χ3v) is 4.72. The number of hydrogen-bond acceptors (Lipinski definition) is 1. The molecule has 0 heterocycles. The van der Waals surface area contributed by atoms with Crippen molar-refractivity contribution in [3.05, 3.63) is 28.8 Å². The number of halogens is 6. The zero-order chi connectivity index (χ0) is 15.3. The van der Waals surface area contributed by atoms with Gasteiger partial charge in [-0.2, -0.15) is 13.2 Å². The molecule has 1 unspecified atom stereocenters. The Morgan fingerprint density at radius 3 is 2.35 bits per heavy atom. The number of carbonyl (C=O) groups is 1. The molecule has 0 aromatic heterocycles. The van der Waals surface area contributed by atoms with Crippen LogP contribution in [0.15, 0.2) is 18.2 Å². The second-order valence-electron chi connectivity index (χ2n) is 4.86. The summed E-state index contributed by atoms with van der Waals surface area (Å²) >= 11 is 17.2. The molecule has 2 rings (SSSR count). The van der Waals surface area contributed by atoms with Crippen LogP contribution in [0.25, 0.3) is 0 Å². The summed E-state index contributed by atoms with van der Waals surface area (Å²) < 4.78 is 36.9. The van der Waals surface area contributed by atoms with Gasteiger partial charge in [0.1, 0.15) is 4.33 Å². The molecular weight excluding hydrogens is 337 g/mol. The highest BCUT2D eigenvalue weighted by atomic mass is 35.5. The van der Waals surface area contributed by atoms with Gasteiger partial charge in [0.15, 0.2) is 0 Å². The molecule has 1 aromatic carbocycles. The largest absolute Gasteiger partial charge is 0.417 e. The van der Waals surface area contributed by atoms with Gasteiger partial charge in [-0.25, -0.2) is 0 Å². The molecule has 2 nitrogen and oxygen atoms in total. The first-order chi connectivity index (χ1) is 8.97. The van der Waals surface area contributed by atoms with E-state index >= 15 is 0 Å². The van der Waals surface area contributed by atoms with Crippen LogP contribution >= 0.6 is 34.8 Å². The van der Waals surface area contributed by atoms with Crippen molar-refractivity contribution in [3.63, 3.8) is 0 Å². The first kappa shape index (κ1) is 15.7. The fraction of sp³-hybridized carbons (Fsp3) is 0.417. The SMILES string of the molecule is CC1(C(=O)Nc2ccc(Cl)c(C(F)(F)F)c2)CC1(Cl)Cl. The molecule has 0 aliphatic heterocycles. The Balaban J connectivity index is 2.22. The fourth-order valence-corrected chi connectivity index (χ4v) is 2.67. The van der Waals surface area contributed by atoms with Crippen molar-refractivity contribution in [2.45, 2.75) is 23.9 Å². The van der Waals surface area contributed by atoms with E-state index in [-0.39, 0.29) is 12.1 Å². The van der Waals surface area contributed by atoms with Gasteiger partial charge in [-0.05, 0) is 31.5 Å². The summed E-state index contributed by atoms with van der Waals surface area (Å²) in [6.45, 7) is 1.54. The van der Waals surface area contributed by atoms with Crippen molar-refractivity contribution in [1.82, 2.24) is 0 Å². The van der Waals surface area contributed by atoms with Gasteiger partial charge in [0.25, 0.3) is 0 Å². The monoisotopic (exact) mass is 345 g/mol. The number of carbonyl (C=O) groups excluding carboxylic acids is 1. The van der Waals surface area contributed by atoms with Gasteiger partial charge < -0.3 is 5.32 Å². The second-order valence-corrected chi connectivity index (χ2v) is 6.75. The Morgan fingerprint density at radius 2 is 1.90 bits per heavy atom. The molecule has 1 aliphatic carbocycles. The molecular formula is C12H9Cl3F3NO. The number of rotatable bonds is 2. The van der Waals surface area contributed by atoms with E-state index in [2.05, 4.69) is 5.32 Å². The molecule has 110 valence electrons. The predicted molar refractivity (Wildman–Crippen MR) is 72.2 cm³/mol. The number of nitrogens with one attached hydrogen (secondary N) is 1. The molecule has 0 radical (unpaired) electrons. The van der Waals surface area contributed by atoms with Gasteiger partial charge in [-0.3, -0.25) is 4.79 Å². The van der Waals surface area contributed by atoms with Gasteiger partial charge in [-0.15, -0.1) is 23.2 Å². The van der Waals surface area contributed by atoms with E-state index in [0.717, 1.165) is 12.1 Å². The summed E-state index contributed by atoms with van der Waals surface area (Å²) in [7, 11) is 0. The maximum atomic E-state index is 12.7. The highest BCUT2D eigenvalue weighted by molar-refractivity contribution is 6.53. The van der Waals surface area contributed by atoms with Gasteiger partial charge in [0.2, 0.25) is 5.91 Å². The van der Waals surface area contributed by atoms with E-state index in [4.69, 9.17) is 34.8 Å². The average Bonchev–Trinajstić information content (AvgIpc) is 2.81. The van der Waals surface area contributed by atoms with Crippen LogP contribution in [0.1, 0.15) is 18.9 Å². The van der Waals surface area contributed by atoms with Crippen LogP contribution in [-0.4, -0.2) is 10.2 Å². The summed E-state index contributed by atoms with van der Waals surface area (Å²) in [4.78, 5) is 12.0. The number of amides is 1. The molecule has 0 saturated heterocycles. The van der Waals surface area contributed by atoms with E-state index in [1.807, 2.05) is 0 Å². The Labute approximate surface area is 128 Å². The third-order valence-electron chi connectivity index (χ3n) is 3.29. The molecule has 1 fully saturated rings. The topological polar surface area (TPSA) is 29.1 Å². The van der Waals surface area contributed by atoms with Crippen molar-refractivity contribution in [2.24, 2.45) is 5.41 Å². The summed E-state index contributed by atoms with van der Waals surface area (Å²) in [5, 5.41) is 1.94. The average molecular weight is 347 g/mol. The molecule has 8 heteroatoms. The van der Waals surface area contributed by atoms with Crippen LogP contribution in [-0.2, 0) is 11.0 Å². The lowest BCUT2D eigenvalue weighted by Gasteiger charge is -2.15. The lowest BCUT2D eigenvalue weighted by Crippen LogP contribution is -2.26. The minimum atomic E-state index is -4.59. The molecule has 1 atom stereocenters. The first-order valence-electron chi connectivity index (χ1n) is 5.53. The third kappa shape index (κ3) is 2.71. The molecule has 1 N–H and O–H groups in total. The predicted octanol–water partition coefficient (Wildman–Crippen LogP) is 4.88. The Morgan fingerprint density at radius 1 is 1.35 bits per heavy atom. The summed E-state index contributed by atoms with van der Waals surface area (Å²) in [6.07, 6.45) is -4.35. The number of benzene rings is 1. The van der Waals surface area contributed by atoms with Gasteiger partial charge in [0.05, 0.1) is 16.0 Å². The molecule has 1 amide bonds. The van der Waals surface area contributed by atoms with Crippen LogP contribution in [0, 0.1) is 5.41 Å². The maximum Gasteiger partial charge on any atom is 0.417 e. The van der Waals surface area contributed by atoms with E-state index in [9.17, 15) is 18.0 Å². The van der Waals surface area contributed by atoms with E-state index in [0.29, 0.717) is 0 Å². The lowest BCUT2D eigenvalue weighted by atomic mass is 10.1. The van der Waals surface area contributed by atoms with E-state index in [1.165, 1.54) is 6.07 Å². The molecule has 0 spiro atoms. The van der Waals surface area contributed by atoms with Crippen LogP contribution < -0.4 is 5.32 Å². The van der Waals surface area contributed by atoms with Gasteiger partial charge >= 0.3 is 6.18 Å². The molecule has 1 aromatic rings. The smallest absolute Gasteiger partial charge is 0.326 e. The lowest BCUT2D eigenvalue weighted by molar-refractivity contribution is -0.137. The molecule has 0 bridgehead atoms. The molecule has 1 aliphatic rings. The standard InChI is InChI=1S/C12H9Cl3F3NO/c1-10(5-11(10,14)15)9(20)19-6-2-3-8(13)7(4-6)12(16,17)18/h2-4H,5H2,1H3,(H,19,20). The Kier molecular flexibility index (Phi) is 3.68. The summed E-state index contributed by atoms with van der Waals surface area (Å²) in [6, 6.07) is 3.13. The highest BCUT2D eigenvalue weighted by Gasteiger charge is 2.67. The quantitative estimate of drug-likeness (QED) is 0.760. The van der Waals surface area contributed by atoms with Crippen molar-refractivity contribution in [3.8, 4) is 0 Å². The maximum absolute atomic E-state index is 12.7. The van der Waals surface area contributed by atoms with Crippen LogP contribution in [0.3, 0.4) is 0 Å². The van der Waals surface area contributed by atoms with E-state index < -0.39 is 32.4 Å². The second kappa shape index (κ2) is 4.68. The van der Waals surface area contributed by atoms with Crippen LogP contribution in [0.4, 0.5) is 18.9 Å². The van der Waals surface area contributed by atoms with Crippen molar-refractivity contribution in [2.75, 3.05) is 5.32 Å². The first-order valence-corrected chi connectivity index (χ1v) is 6.67. The van der Waals surface area contributed by atoms with Crippen molar-refractivity contribution >= 4 is 46.4 Å². The number of anilines is 1. The minimum absolute atomic E-state index is 0.0102. The van der Waals surface area contributed by atoms with Crippen molar-refractivity contribution < 1.29 is 18.0 Å². The zero-order valence-corrected chi connectivity index (χ0v) is 12.4. The minimum Gasteiger partial charge on any atom is -0.326 e. The Hall–Kier alpha value is -0.650. The zero-order valence-electron chi connectivity index (χ0n) is 10.1. The summed E-state index contributed by atoms with van der Waals surface area (Å²) in [5.74, 6) is -0.530. The normalized spacial score (nSPS) is 24.4. The number of hydrogen-bond donors (Lipinski definition) is 1. The van der Waals surface area contributed by atoms with Crippen molar-refractivity contribution in [1.29, 1.82) is 0 Å². The van der Waals surface area contributed by atoms with Gasteiger partial charge in [0, 0.05) is 5.69 Å². The summed E-state index contributed by atoms with van der Waals surface area (Å²) in [5.41, 5.74) is -2.03. The van der Waals surface area contributed by atoms with Crippen LogP contribution in [0.2, 0.25) is 5.02 Å². The highest BCUT2D eigenvalue weighted by Crippen LogP contribution is 2.64. The fourth-order valence-electron chi connectivity index (χ4n) is 1.74.